The number of anilines is 2. The second-order valence-electron chi connectivity index (χ2n) is 5.00. The highest BCUT2D eigenvalue weighted by molar-refractivity contribution is 9.10. The van der Waals surface area contributed by atoms with E-state index in [0.29, 0.717) is 6.04 Å². The summed E-state index contributed by atoms with van der Waals surface area (Å²) in [4.78, 5) is 10.7. The number of hydrogen-bond acceptors (Lipinski definition) is 4. The van der Waals surface area contributed by atoms with Crippen molar-refractivity contribution >= 4 is 27.3 Å². The lowest BCUT2D eigenvalue weighted by Gasteiger charge is -2.34. The number of halogens is 1. The Labute approximate surface area is 127 Å². The molecule has 0 radical (unpaired) electrons. The van der Waals surface area contributed by atoms with Gasteiger partial charge in [0.1, 0.15) is 0 Å². The molecule has 1 fully saturated rings. The number of rotatable bonds is 3. The molecule has 4 nitrogen and oxygen atoms in total. The summed E-state index contributed by atoms with van der Waals surface area (Å²) in [6.07, 6.45) is 9.65. The van der Waals surface area contributed by atoms with Gasteiger partial charge in [-0.3, -0.25) is 9.97 Å². The molecule has 2 aromatic rings. The molecule has 0 aromatic carbocycles. The molecule has 1 aliphatic rings. The van der Waals surface area contributed by atoms with Crippen LogP contribution in [0.2, 0.25) is 0 Å². The Morgan fingerprint density at radius 3 is 2.55 bits per heavy atom. The van der Waals surface area contributed by atoms with E-state index in [2.05, 4.69) is 54.3 Å². The molecule has 0 amide bonds. The Morgan fingerprint density at radius 1 is 1.10 bits per heavy atom. The van der Waals surface area contributed by atoms with Gasteiger partial charge in [0.2, 0.25) is 0 Å². The van der Waals surface area contributed by atoms with Crippen LogP contribution in [0.3, 0.4) is 0 Å². The molecular formula is C15H17BrN4. The van der Waals surface area contributed by atoms with Gasteiger partial charge in [-0.25, -0.2) is 0 Å². The van der Waals surface area contributed by atoms with Gasteiger partial charge in [0.15, 0.2) is 0 Å². The lowest BCUT2D eigenvalue weighted by atomic mass is 10.0. The number of piperidine rings is 1. The molecule has 2 aromatic heterocycles. The van der Waals surface area contributed by atoms with Crippen LogP contribution in [0.15, 0.2) is 47.5 Å². The van der Waals surface area contributed by atoms with Crippen molar-refractivity contribution in [3.05, 3.63) is 47.5 Å². The number of nitrogens with zero attached hydrogens (tertiary/aromatic N) is 3. The first-order chi connectivity index (χ1) is 9.81. The molecule has 104 valence electrons. The van der Waals surface area contributed by atoms with Crippen LogP contribution in [0, 0.1) is 0 Å². The molecule has 0 spiro atoms. The zero-order chi connectivity index (χ0) is 13.8. The largest absolute Gasteiger partial charge is 0.381 e. The summed E-state index contributed by atoms with van der Waals surface area (Å²) in [6, 6.07) is 6.74. The van der Waals surface area contributed by atoms with Crippen molar-refractivity contribution in [3.8, 4) is 0 Å². The molecule has 0 unspecified atom stereocenters. The highest BCUT2D eigenvalue weighted by Crippen LogP contribution is 2.22. The Morgan fingerprint density at radius 2 is 1.85 bits per heavy atom. The summed E-state index contributed by atoms with van der Waals surface area (Å²) in [5.41, 5.74) is 2.35. The van der Waals surface area contributed by atoms with Gasteiger partial charge in [-0.05, 0) is 47.0 Å². The standard InChI is InChI=1S/C15H17BrN4/c16-12-9-14(11-18-10-12)19-13-3-7-20(8-4-13)15-1-5-17-6-2-15/h1-2,5-6,9-11,13,19H,3-4,7-8H2. The SMILES string of the molecule is Brc1cncc(NC2CCN(c3ccncc3)CC2)c1. The van der Waals surface area contributed by atoms with E-state index in [1.165, 1.54) is 5.69 Å². The third-order valence-electron chi connectivity index (χ3n) is 3.60. The Hall–Kier alpha value is -1.62. The molecule has 0 aliphatic carbocycles. The highest BCUT2D eigenvalue weighted by Gasteiger charge is 2.19. The van der Waals surface area contributed by atoms with Crippen molar-refractivity contribution in [1.82, 2.24) is 9.97 Å². The van der Waals surface area contributed by atoms with Crippen LogP contribution in [0.5, 0.6) is 0 Å². The van der Waals surface area contributed by atoms with E-state index >= 15 is 0 Å². The van der Waals surface area contributed by atoms with Gasteiger partial charge in [-0.2, -0.15) is 0 Å². The van der Waals surface area contributed by atoms with Crippen molar-refractivity contribution in [2.75, 3.05) is 23.3 Å². The number of aromatic nitrogens is 2. The monoisotopic (exact) mass is 332 g/mol. The lowest BCUT2D eigenvalue weighted by molar-refractivity contribution is 0.526. The minimum Gasteiger partial charge on any atom is -0.381 e. The van der Waals surface area contributed by atoms with Crippen LogP contribution in [0.25, 0.3) is 0 Å². The topological polar surface area (TPSA) is 41.1 Å². The van der Waals surface area contributed by atoms with E-state index in [4.69, 9.17) is 0 Å². The fourth-order valence-corrected chi connectivity index (χ4v) is 2.93. The maximum absolute atomic E-state index is 4.19. The van der Waals surface area contributed by atoms with Crippen molar-refractivity contribution < 1.29 is 0 Å². The third kappa shape index (κ3) is 3.28. The first-order valence-electron chi connectivity index (χ1n) is 6.83. The summed E-state index contributed by atoms with van der Waals surface area (Å²) in [7, 11) is 0. The predicted molar refractivity (Wildman–Crippen MR) is 85.0 cm³/mol. The molecule has 3 heterocycles. The number of pyridine rings is 2. The molecule has 5 heteroatoms. The van der Waals surface area contributed by atoms with Crippen LogP contribution in [-0.4, -0.2) is 29.1 Å². The smallest absolute Gasteiger partial charge is 0.0540 e. The van der Waals surface area contributed by atoms with E-state index in [-0.39, 0.29) is 0 Å². The van der Waals surface area contributed by atoms with Crippen molar-refractivity contribution in [1.29, 1.82) is 0 Å². The molecule has 0 saturated carbocycles. The van der Waals surface area contributed by atoms with Crippen molar-refractivity contribution in [2.45, 2.75) is 18.9 Å². The molecule has 1 aliphatic heterocycles. The van der Waals surface area contributed by atoms with Crippen LogP contribution in [0.4, 0.5) is 11.4 Å². The van der Waals surface area contributed by atoms with E-state index in [9.17, 15) is 0 Å². The number of hydrogen-bond donors (Lipinski definition) is 1. The normalized spacial score (nSPS) is 16.1. The van der Waals surface area contributed by atoms with Crippen LogP contribution < -0.4 is 10.2 Å². The Balaban J connectivity index is 1.56. The zero-order valence-corrected chi connectivity index (χ0v) is 12.8. The summed E-state index contributed by atoms with van der Waals surface area (Å²) in [5, 5.41) is 3.56. The van der Waals surface area contributed by atoms with Gasteiger partial charge in [-0.15, -0.1) is 0 Å². The molecule has 0 atom stereocenters. The van der Waals surface area contributed by atoms with Gasteiger partial charge in [0, 0.05) is 47.9 Å². The first kappa shape index (κ1) is 13.4. The zero-order valence-electron chi connectivity index (χ0n) is 11.2. The van der Waals surface area contributed by atoms with E-state index < -0.39 is 0 Å². The van der Waals surface area contributed by atoms with Crippen LogP contribution in [0.1, 0.15) is 12.8 Å². The van der Waals surface area contributed by atoms with Gasteiger partial charge < -0.3 is 10.2 Å². The predicted octanol–water partition coefficient (Wildman–Crippen LogP) is 3.32. The van der Waals surface area contributed by atoms with Gasteiger partial charge >= 0.3 is 0 Å². The number of nitrogens with one attached hydrogen (secondary N) is 1. The second-order valence-corrected chi connectivity index (χ2v) is 5.92. The molecule has 0 bridgehead atoms. The fourth-order valence-electron chi connectivity index (χ4n) is 2.56. The van der Waals surface area contributed by atoms with E-state index in [0.717, 1.165) is 36.1 Å². The summed E-state index contributed by atoms with van der Waals surface area (Å²) >= 11 is 3.45. The fraction of sp³-hybridized carbons (Fsp3) is 0.333. The molecule has 3 rings (SSSR count). The molecular weight excluding hydrogens is 316 g/mol. The molecule has 1 N–H and O–H groups in total. The van der Waals surface area contributed by atoms with Gasteiger partial charge in [0.05, 0.1) is 11.9 Å². The quantitative estimate of drug-likeness (QED) is 0.936. The summed E-state index contributed by atoms with van der Waals surface area (Å²) in [6.45, 7) is 2.15. The maximum atomic E-state index is 4.19. The first-order valence-corrected chi connectivity index (χ1v) is 7.62. The molecule has 1 saturated heterocycles. The Kier molecular flexibility index (Phi) is 4.16. The lowest BCUT2D eigenvalue weighted by Crippen LogP contribution is -2.39. The Bertz CT molecular complexity index is 553. The minimum atomic E-state index is 0.518. The van der Waals surface area contributed by atoms with Gasteiger partial charge in [0.25, 0.3) is 0 Å². The van der Waals surface area contributed by atoms with Crippen LogP contribution >= 0.6 is 15.9 Å². The average molecular weight is 333 g/mol. The average Bonchev–Trinajstić information content (AvgIpc) is 2.49. The molecule has 20 heavy (non-hydrogen) atoms. The van der Waals surface area contributed by atoms with E-state index in [1.54, 1.807) is 6.20 Å². The van der Waals surface area contributed by atoms with Crippen molar-refractivity contribution in [3.63, 3.8) is 0 Å². The van der Waals surface area contributed by atoms with Crippen LogP contribution in [-0.2, 0) is 0 Å². The van der Waals surface area contributed by atoms with Gasteiger partial charge in [-0.1, -0.05) is 0 Å². The maximum Gasteiger partial charge on any atom is 0.0540 e. The summed E-state index contributed by atoms with van der Waals surface area (Å²) < 4.78 is 1.01. The third-order valence-corrected chi connectivity index (χ3v) is 4.03. The second kappa shape index (κ2) is 6.22. The van der Waals surface area contributed by atoms with Crippen molar-refractivity contribution in [2.24, 2.45) is 0 Å². The van der Waals surface area contributed by atoms with E-state index in [1.807, 2.05) is 18.6 Å². The minimum absolute atomic E-state index is 0.518. The summed E-state index contributed by atoms with van der Waals surface area (Å²) in [5.74, 6) is 0. The highest BCUT2D eigenvalue weighted by atomic mass is 79.9.